The molecule has 3 heterocycles. The molecular formula is C21H37N3O4. The number of rotatable bonds is 7. The van der Waals surface area contributed by atoms with E-state index >= 15 is 0 Å². The molecule has 0 aromatic carbocycles. The lowest BCUT2D eigenvalue weighted by atomic mass is 9.84. The number of hydrogen-bond acceptors (Lipinski definition) is 5. The molecule has 0 aliphatic carbocycles. The number of ether oxygens (including phenoxy) is 2. The molecule has 0 saturated carbocycles. The van der Waals surface area contributed by atoms with Crippen LogP contribution in [0.5, 0.6) is 0 Å². The quantitative estimate of drug-likeness (QED) is 0.700. The summed E-state index contributed by atoms with van der Waals surface area (Å²) in [4.78, 5) is 29.6. The monoisotopic (exact) mass is 395 g/mol. The van der Waals surface area contributed by atoms with Crippen LogP contribution in [0.4, 0.5) is 0 Å². The van der Waals surface area contributed by atoms with Gasteiger partial charge in [0.15, 0.2) is 0 Å². The third kappa shape index (κ3) is 5.24. The zero-order chi connectivity index (χ0) is 20.3. The molecule has 2 amide bonds. The summed E-state index contributed by atoms with van der Waals surface area (Å²) in [6.45, 7) is 13.6. The van der Waals surface area contributed by atoms with Crippen LogP contribution in [0, 0.1) is 17.8 Å². The number of nitrogens with zero attached hydrogens (tertiary/aromatic N) is 2. The molecule has 0 aromatic heterocycles. The first-order valence-corrected chi connectivity index (χ1v) is 10.9. The Bertz CT molecular complexity index is 548. The van der Waals surface area contributed by atoms with Gasteiger partial charge >= 0.3 is 0 Å². The van der Waals surface area contributed by atoms with Gasteiger partial charge in [-0.2, -0.15) is 0 Å². The zero-order valence-corrected chi connectivity index (χ0v) is 17.9. The predicted molar refractivity (Wildman–Crippen MR) is 107 cm³/mol. The van der Waals surface area contributed by atoms with Crippen molar-refractivity contribution in [1.82, 2.24) is 15.1 Å². The predicted octanol–water partition coefficient (Wildman–Crippen LogP) is 1.12. The molecule has 3 fully saturated rings. The van der Waals surface area contributed by atoms with Gasteiger partial charge in [-0.25, -0.2) is 0 Å². The van der Waals surface area contributed by atoms with Crippen LogP contribution in [-0.2, 0) is 19.1 Å². The summed E-state index contributed by atoms with van der Waals surface area (Å²) in [6.07, 6.45) is 0.841. The van der Waals surface area contributed by atoms with E-state index in [1.165, 1.54) is 0 Å². The lowest BCUT2D eigenvalue weighted by Gasteiger charge is -2.29. The Balaban J connectivity index is 1.66. The van der Waals surface area contributed by atoms with Gasteiger partial charge in [0, 0.05) is 50.6 Å². The number of carbonyl (C=O) groups is 2. The molecule has 7 nitrogen and oxygen atoms in total. The van der Waals surface area contributed by atoms with E-state index in [4.69, 9.17) is 9.47 Å². The number of likely N-dealkylation sites (tertiary alicyclic amines) is 1. The Morgan fingerprint density at radius 3 is 2.46 bits per heavy atom. The van der Waals surface area contributed by atoms with Crippen LogP contribution in [0.3, 0.4) is 0 Å². The van der Waals surface area contributed by atoms with E-state index in [-0.39, 0.29) is 35.8 Å². The van der Waals surface area contributed by atoms with Crippen LogP contribution in [0.2, 0.25) is 0 Å². The van der Waals surface area contributed by atoms with Gasteiger partial charge in [-0.1, -0.05) is 13.8 Å². The maximum Gasteiger partial charge on any atom is 0.225 e. The van der Waals surface area contributed by atoms with E-state index in [1.54, 1.807) is 0 Å². The highest BCUT2D eigenvalue weighted by molar-refractivity contribution is 5.77. The third-order valence-corrected chi connectivity index (χ3v) is 6.07. The number of carbonyl (C=O) groups excluding carboxylic acids is 2. The number of hydrogen-bond donors (Lipinski definition) is 1. The minimum atomic E-state index is -0.0886. The second-order valence-corrected chi connectivity index (χ2v) is 9.25. The Morgan fingerprint density at radius 1 is 1.11 bits per heavy atom. The fourth-order valence-corrected chi connectivity index (χ4v) is 5.02. The number of morpholine rings is 1. The molecule has 3 aliphatic rings. The fourth-order valence-electron chi connectivity index (χ4n) is 5.02. The standard InChI is InChI=1S/C21H37N3O4/c1-14(2)11-24-12-16(9-19(25)22-15(3)4)21-17(24)13-28-18(21)10-20(26)23-5-7-27-8-6-23/h14-18,21H,5-13H2,1-4H3,(H,22,25)/t16-,17-,18+,21-/m1/s1. The molecule has 0 radical (unpaired) electrons. The summed E-state index contributed by atoms with van der Waals surface area (Å²) in [5.74, 6) is 1.32. The molecular weight excluding hydrogens is 358 g/mol. The van der Waals surface area contributed by atoms with Crippen molar-refractivity contribution in [3.8, 4) is 0 Å². The second-order valence-electron chi connectivity index (χ2n) is 9.25. The summed E-state index contributed by atoms with van der Waals surface area (Å²) >= 11 is 0. The van der Waals surface area contributed by atoms with E-state index in [1.807, 2.05) is 18.7 Å². The molecule has 3 rings (SSSR count). The Labute approximate surface area is 169 Å². The average molecular weight is 396 g/mol. The van der Waals surface area contributed by atoms with Crippen molar-refractivity contribution < 1.29 is 19.1 Å². The molecule has 3 aliphatic heterocycles. The fraction of sp³-hybridized carbons (Fsp3) is 0.905. The minimum absolute atomic E-state index is 0.0886. The van der Waals surface area contributed by atoms with Crippen LogP contribution in [-0.4, -0.2) is 85.8 Å². The minimum Gasteiger partial charge on any atom is -0.378 e. The van der Waals surface area contributed by atoms with Gasteiger partial charge in [0.25, 0.3) is 0 Å². The van der Waals surface area contributed by atoms with Gasteiger partial charge < -0.3 is 19.7 Å². The normalized spacial score (nSPS) is 30.9. The molecule has 7 heteroatoms. The molecule has 0 bridgehead atoms. The molecule has 1 N–H and O–H groups in total. The van der Waals surface area contributed by atoms with Crippen LogP contribution in [0.1, 0.15) is 40.5 Å². The summed E-state index contributed by atoms with van der Waals surface area (Å²) in [7, 11) is 0. The van der Waals surface area contributed by atoms with Crippen molar-refractivity contribution in [2.45, 2.75) is 58.7 Å². The zero-order valence-electron chi connectivity index (χ0n) is 17.9. The molecule has 3 saturated heterocycles. The van der Waals surface area contributed by atoms with Crippen molar-refractivity contribution in [3.63, 3.8) is 0 Å². The van der Waals surface area contributed by atoms with Crippen molar-refractivity contribution in [1.29, 1.82) is 0 Å². The van der Waals surface area contributed by atoms with Gasteiger partial charge in [-0.15, -0.1) is 0 Å². The molecule has 0 spiro atoms. The number of nitrogens with one attached hydrogen (secondary N) is 1. The van der Waals surface area contributed by atoms with E-state index in [0.717, 1.165) is 13.1 Å². The summed E-state index contributed by atoms with van der Waals surface area (Å²) < 4.78 is 11.5. The highest BCUT2D eigenvalue weighted by atomic mass is 16.5. The van der Waals surface area contributed by atoms with Gasteiger partial charge in [0.05, 0.1) is 32.3 Å². The highest BCUT2D eigenvalue weighted by Crippen LogP contribution is 2.42. The van der Waals surface area contributed by atoms with Crippen LogP contribution >= 0.6 is 0 Å². The van der Waals surface area contributed by atoms with Crippen molar-refractivity contribution in [3.05, 3.63) is 0 Å². The first-order chi connectivity index (χ1) is 13.3. The van der Waals surface area contributed by atoms with Gasteiger partial charge in [-0.05, 0) is 25.7 Å². The molecule has 0 unspecified atom stereocenters. The smallest absolute Gasteiger partial charge is 0.225 e. The molecule has 0 aromatic rings. The lowest BCUT2D eigenvalue weighted by Crippen LogP contribution is -2.43. The van der Waals surface area contributed by atoms with Crippen molar-refractivity contribution in [2.24, 2.45) is 17.8 Å². The molecule has 4 atom stereocenters. The first kappa shape index (κ1) is 21.5. The third-order valence-electron chi connectivity index (χ3n) is 6.07. The van der Waals surface area contributed by atoms with Gasteiger partial charge in [0.2, 0.25) is 11.8 Å². The maximum atomic E-state index is 12.8. The average Bonchev–Trinajstić information content (AvgIpc) is 3.17. The van der Waals surface area contributed by atoms with E-state index in [9.17, 15) is 9.59 Å². The number of fused-ring (bicyclic) bond motifs is 1. The highest BCUT2D eigenvalue weighted by Gasteiger charge is 2.51. The Hall–Kier alpha value is -1.18. The van der Waals surface area contributed by atoms with Crippen molar-refractivity contribution >= 4 is 11.8 Å². The second kappa shape index (κ2) is 9.55. The van der Waals surface area contributed by atoms with Gasteiger partial charge in [0.1, 0.15) is 0 Å². The molecule has 160 valence electrons. The molecule has 28 heavy (non-hydrogen) atoms. The summed E-state index contributed by atoms with van der Waals surface area (Å²) in [6, 6.07) is 0.469. The Morgan fingerprint density at radius 2 is 1.82 bits per heavy atom. The largest absolute Gasteiger partial charge is 0.378 e. The maximum absolute atomic E-state index is 12.8. The Kier molecular flexibility index (Phi) is 7.34. The van der Waals surface area contributed by atoms with E-state index in [0.29, 0.717) is 57.7 Å². The van der Waals surface area contributed by atoms with Crippen LogP contribution < -0.4 is 5.32 Å². The number of amides is 2. The van der Waals surface area contributed by atoms with E-state index in [2.05, 4.69) is 24.1 Å². The van der Waals surface area contributed by atoms with Crippen LogP contribution in [0.15, 0.2) is 0 Å². The summed E-state index contributed by atoms with van der Waals surface area (Å²) in [5.41, 5.74) is 0. The lowest BCUT2D eigenvalue weighted by molar-refractivity contribution is -0.138. The van der Waals surface area contributed by atoms with Crippen molar-refractivity contribution in [2.75, 3.05) is 46.0 Å². The first-order valence-electron chi connectivity index (χ1n) is 10.9. The topological polar surface area (TPSA) is 71.1 Å². The van der Waals surface area contributed by atoms with Gasteiger partial charge in [-0.3, -0.25) is 14.5 Å². The van der Waals surface area contributed by atoms with Crippen LogP contribution in [0.25, 0.3) is 0 Å². The van der Waals surface area contributed by atoms with E-state index < -0.39 is 0 Å². The SMILES string of the molecule is CC(C)CN1C[C@@H](CC(=O)NC(C)C)[C@H]2[C@H](CC(=O)N3CCOCC3)OC[C@H]21. The summed E-state index contributed by atoms with van der Waals surface area (Å²) in [5, 5.41) is 3.03.